The summed E-state index contributed by atoms with van der Waals surface area (Å²) in [4.78, 5) is 0. The lowest BCUT2D eigenvalue weighted by Gasteiger charge is -2.16. The van der Waals surface area contributed by atoms with Crippen molar-refractivity contribution in [1.82, 2.24) is 9.78 Å². The van der Waals surface area contributed by atoms with Crippen molar-refractivity contribution < 1.29 is 22.6 Å². The van der Waals surface area contributed by atoms with Gasteiger partial charge in [-0.25, -0.2) is 0 Å². The highest BCUT2D eigenvalue weighted by molar-refractivity contribution is 5.08. The average Bonchev–Trinajstić information content (AvgIpc) is 2.75. The number of hydrogen-bond donors (Lipinski definition) is 0. The summed E-state index contributed by atoms with van der Waals surface area (Å²) < 4.78 is 48.8. The molecule has 4 nitrogen and oxygen atoms in total. The van der Waals surface area contributed by atoms with Gasteiger partial charge in [-0.15, -0.1) is 0 Å². The van der Waals surface area contributed by atoms with Gasteiger partial charge in [-0.3, -0.25) is 4.68 Å². The minimum absolute atomic E-state index is 0.320. The Balaban J connectivity index is 2.49. The largest absolute Gasteiger partial charge is 0.419 e. The Morgan fingerprint density at radius 3 is 2.33 bits per heavy atom. The molecule has 0 atom stereocenters. The first kappa shape index (κ1) is 15.0. The smallest absolute Gasteiger partial charge is 0.353 e. The summed E-state index contributed by atoms with van der Waals surface area (Å²) in [6.45, 7) is 4.99. The predicted octanol–water partition coefficient (Wildman–Crippen LogP) is 2.69. The average molecular weight is 266 g/mol. The van der Waals surface area contributed by atoms with E-state index in [0.717, 1.165) is 12.4 Å². The second-order valence-corrected chi connectivity index (χ2v) is 3.62. The Morgan fingerprint density at radius 2 is 1.89 bits per heavy atom. The van der Waals surface area contributed by atoms with Gasteiger partial charge in [0.2, 0.25) is 0 Å². The van der Waals surface area contributed by atoms with E-state index in [-0.39, 0.29) is 0 Å². The van der Waals surface area contributed by atoms with Gasteiger partial charge in [-0.05, 0) is 13.8 Å². The number of hydrogen-bond acceptors (Lipinski definition) is 3. The molecule has 1 heterocycles. The number of ether oxygens (including phenoxy) is 2. The van der Waals surface area contributed by atoms with Crippen LogP contribution in [0.4, 0.5) is 13.2 Å². The second kappa shape index (κ2) is 6.75. The molecule has 0 saturated carbocycles. The van der Waals surface area contributed by atoms with Crippen molar-refractivity contribution in [3.8, 4) is 0 Å². The van der Waals surface area contributed by atoms with Crippen LogP contribution >= 0.6 is 0 Å². The molecule has 0 fully saturated rings. The summed E-state index contributed by atoms with van der Waals surface area (Å²) in [6.07, 6.45) is -2.50. The van der Waals surface area contributed by atoms with Crippen molar-refractivity contribution in [1.29, 1.82) is 0 Å². The highest BCUT2D eigenvalue weighted by atomic mass is 19.4. The monoisotopic (exact) mass is 266 g/mol. The molecule has 0 amide bonds. The van der Waals surface area contributed by atoms with Crippen LogP contribution < -0.4 is 0 Å². The van der Waals surface area contributed by atoms with E-state index >= 15 is 0 Å². The van der Waals surface area contributed by atoms with Crippen LogP contribution in [0, 0.1) is 0 Å². The van der Waals surface area contributed by atoms with Crippen LogP contribution in [0.15, 0.2) is 12.4 Å². The summed E-state index contributed by atoms with van der Waals surface area (Å²) in [7, 11) is 0. The Bertz CT molecular complexity index is 346. The van der Waals surface area contributed by atoms with Crippen molar-refractivity contribution >= 4 is 0 Å². The molecule has 0 saturated heterocycles. The Labute approximate surface area is 104 Å². The lowest BCUT2D eigenvalue weighted by molar-refractivity contribution is -0.141. The van der Waals surface area contributed by atoms with Gasteiger partial charge < -0.3 is 9.47 Å². The van der Waals surface area contributed by atoms with Crippen LogP contribution in [0.2, 0.25) is 0 Å². The van der Waals surface area contributed by atoms with E-state index in [1.807, 2.05) is 13.8 Å². The van der Waals surface area contributed by atoms with Crippen molar-refractivity contribution in [3.05, 3.63) is 18.0 Å². The van der Waals surface area contributed by atoms with Gasteiger partial charge in [-0.2, -0.15) is 18.3 Å². The maximum absolute atomic E-state index is 12.3. The quantitative estimate of drug-likeness (QED) is 0.712. The molecule has 0 spiro atoms. The summed E-state index contributed by atoms with van der Waals surface area (Å²) in [5.74, 6) is 0. The van der Waals surface area contributed by atoms with E-state index in [0.29, 0.717) is 26.2 Å². The van der Waals surface area contributed by atoms with Crippen LogP contribution in [0.1, 0.15) is 25.8 Å². The number of rotatable bonds is 7. The van der Waals surface area contributed by atoms with Gasteiger partial charge in [-0.1, -0.05) is 0 Å². The molecule has 18 heavy (non-hydrogen) atoms. The zero-order valence-corrected chi connectivity index (χ0v) is 10.4. The van der Waals surface area contributed by atoms with Gasteiger partial charge >= 0.3 is 6.18 Å². The fourth-order valence-electron chi connectivity index (χ4n) is 1.46. The number of alkyl halides is 3. The number of aryl methyl sites for hydroxylation is 1. The fraction of sp³-hybridized carbons (Fsp3) is 0.727. The van der Waals surface area contributed by atoms with Crippen LogP contribution in [0.5, 0.6) is 0 Å². The van der Waals surface area contributed by atoms with E-state index in [1.54, 1.807) is 0 Å². The predicted molar refractivity (Wildman–Crippen MR) is 58.9 cm³/mol. The van der Waals surface area contributed by atoms with Crippen LogP contribution in [-0.2, 0) is 22.2 Å². The molecule has 1 rings (SSSR count). The van der Waals surface area contributed by atoms with Gasteiger partial charge in [0.05, 0.1) is 11.8 Å². The van der Waals surface area contributed by atoms with Crippen molar-refractivity contribution in [2.45, 2.75) is 39.3 Å². The fourth-order valence-corrected chi connectivity index (χ4v) is 1.46. The first-order chi connectivity index (χ1) is 8.47. The molecule has 0 unspecified atom stereocenters. The molecule has 7 heteroatoms. The topological polar surface area (TPSA) is 36.3 Å². The number of halogens is 3. The van der Waals surface area contributed by atoms with Gasteiger partial charge in [0.1, 0.15) is 0 Å². The molecule has 0 aliphatic carbocycles. The van der Waals surface area contributed by atoms with E-state index < -0.39 is 18.0 Å². The van der Waals surface area contributed by atoms with E-state index in [9.17, 15) is 13.2 Å². The highest BCUT2D eigenvalue weighted by Gasteiger charge is 2.32. The molecule has 0 radical (unpaired) electrons. The standard InChI is InChI=1S/C11H17F3N2O2/c1-3-17-10(18-4-2)5-6-16-8-9(7-15-16)11(12,13)14/h7-8,10H,3-6H2,1-2H3. The SMILES string of the molecule is CCOC(CCn1cc(C(F)(F)F)cn1)OCC. The molecule has 104 valence electrons. The lowest BCUT2D eigenvalue weighted by Crippen LogP contribution is -2.19. The third kappa shape index (κ3) is 4.66. The highest BCUT2D eigenvalue weighted by Crippen LogP contribution is 2.28. The van der Waals surface area contributed by atoms with Crippen LogP contribution in [0.3, 0.4) is 0 Å². The summed E-state index contributed by atoms with van der Waals surface area (Å²) in [5.41, 5.74) is -0.744. The molecule has 1 aromatic heterocycles. The first-order valence-electron chi connectivity index (χ1n) is 5.80. The van der Waals surface area contributed by atoms with E-state index in [1.165, 1.54) is 4.68 Å². The maximum Gasteiger partial charge on any atom is 0.419 e. The minimum atomic E-state index is -4.35. The zero-order valence-electron chi connectivity index (χ0n) is 10.4. The van der Waals surface area contributed by atoms with Crippen molar-refractivity contribution in [3.63, 3.8) is 0 Å². The molecule has 0 aromatic carbocycles. The normalized spacial score (nSPS) is 12.3. The Kier molecular flexibility index (Phi) is 5.61. The molecule has 0 aliphatic heterocycles. The van der Waals surface area contributed by atoms with Crippen molar-refractivity contribution in [2.24, 2.45) is 0 Å². The molecular formula is C11H17F3N2O2. The van der Waals surface area contributed by atoms with Crippen LogP contribution in [-0.4, -0.2) is 29.3 Å². The number of nitrogens with zero attached hydrogens (tertiary/aromatic N) is 2. The maximum atomic E-state index is 12.3. The lowest BCUT2D eigenvalue weighted by atomic mass is 10.3. The molecule has 0 N–H and O–H groups in total. The minimum Gasteiger partial charge on any atom is -0.353 e. The molecule has 1 aromatic rings. The molecular weight excluding hydrogens is 249 g/mol. The van der Waals surface area contributed by atoms with Gasteiger partial charge in [0.15, 0.2) is 6.29 Å². The van der Waals surface area contributed by atoms with Gasteiger partial charge in [0.25, 0.3) is 0 Å². The summed E-state index contributed by atoms with van der Waals surface area (Å²) in [6, 6.07) is 0. The third-order valence-electron chi connectivity index (χ3n) is 2.26. The third-order valence-corrected chi connectivity index (χ3v) is 2.26. The molecule has 0 aliphatic rings. The second-order valence-electron chi connectivity index (χ2n) is 3.62. The summed E-state index contributed by atoms with van der Waals surface area (Å²) in [5, 5.41) is 3.66. The zero-order chi connectivity index (χ0) is 13.6. The van der Waals surface area contributed by atoms with E-state index in [2.05, 4.69) is 5.10 Å². The first-order valence-corrected chi connectivity index (χ1v) is 5.80. The van der Waals surface area contributed by atoms with Crippen molar-refractivity contribution in [2.75, 3.05) is 13.2 Å². The van der Waals surface area contributed by atoms with Gasteiger partial charge in [0, 0.05) is 32.4 Å². The summed E-state index contributed by atoms with van der Waals surface area (Å²) >= 11 is 0. The number of aromatic nitrogens is 2. The van der Waals surface area contributed by atoms with Crippen LogP contribution in [0.25, 0.3) is 0 Å². The molecule has 0 bridgehead atoms. The Hall–Kier alpha value is -1.08. The van der Waals surface area contributed by atoms with E-state index in [4.69, 9.17) is 9.47 Å². The Morgan fingerprint density at radius 1 is 1.28 bits per heavy atom.